The summed E-state index contributed by atoms with van der Waals surface area (Å²) in [5, 5.41) is 17.0. The Morgan fingerprint density at radius 3 is 2.80 bits per heavy atom. The van der Waals surface area contributed by atoms with Crippen molar-refractivity contribution in [3.05, 3.63) is 25.0 Å². The fraction of sp³-hybridized carbons (Fsp3) is 0.429. The molecule has 3 heteroatoms. The largest absolute Gasteiger partial charge is 0.498 e. The Morgan fingerprint density at radius 1 is 1.60 bits per heavy atom. The number of rotatable bonds is 5. The summed E-state index contributed by atoms with van der Waals surface area (Å²) in [6, 6.07) is 0. The van der Waals surface area contributed by atoms with Gasteiger partial charge in [0.2, 0.25) is 0 Å². The molecule has 0 aromatic carbocycles. The van der Waals surface area contributed by atoms with Gasteiger partial charge in [-0.15, -0.1) is 0 Å². The van der Waals surface area contributed by atoms with Gasteiger partial charge >= 0.3 is 0 Å². The minimum absolute atomic E-state index is 0.112. The molecule has 0 saturated carbocycles. The van der Waals surface area contributed by atoms with Gasteiger partial charge in [-0.1, -0.05) is 12.7 Å². The number of allylic oxidation sites excluding steroid dienone is 2. The third kappa shape index (κ3) is 5.34. The van der Waals surface area contributed by atoms with E-state index in [1.165, 1.54) is 6.26 Å². The molecule has 10 heavy (non-hydrogen) atoms. The smallest absolute Gasteiger partial charge is 0.115 e. The van der Waals surface area contributed by atoms with Crippen molar-refractivity contribution in [1.82, 2.24) is 0 Å². The van der Waals surface area contributed by atoms with Gasteiger partial charge in [0.1, 0.15) is 12.7 Å². The van der Waals surface area contributed by atoms with E-state index in [9.17, 15) is 0 Å². The number of aliphatic hydroxyl groups is 2. The van der Waals surface area contributed by atoms with Crippen molar-refractivity contribution in [3.63, 3.8) is 0 Å². The number of aliphatic hydroxyl groups excluding tert-OH is 2. The molecule has 0 heterocycles. The second-order valence-electron chi connectivity index (χ2n) is 1.73. The molecule has 0 aromatic heterocycles. The van der Waals surface area contributed by atoms with E-state index in [4.69, 9.17) is 14.9 Å². The van der Waals surface area contributed by atoms with Crippen LogP contribution in [-0.2, 0) is 4.74 Å². The van der Waals surface area contributed by atoms with Crippen LogP contribution in [0.3, 0.4) is 0 Å². The van der Waals surface area contributed by atoms with Crippen LogP contribution >= 0.6 is 0 Å². The highest BCUT2D eigenvalue weighted by atomic mass is 16.5. The summed E-state index contributed by atoms with van der Waals surface area (Å²) < 4.78 is 4.76. The van der Waals surface area contributed by atoms with Gasteiger partial charge in [0, 0.05) is 0 Å². The molecule has 0 rings (SSSR count). The molecule has 0 amide bonds. The Morgan fingerprint density at radius 2 is 2.30 bits per heavy atom. The van der Waals surface area contributed by atoms with Crippen LogP contribution < -0.4 is 0 Å². The van der Waals surface area contributed by atoms with Gasteiger partial charge in [0.05, 0.1) is 12.9 Å². The first-order chi connectivity index (χ1) is 4.81. The van der Waals surface area contributed by atoms with Crippen LogP contribution in [0.2, 0.25) is 0 Å². The van der Waals surface area contributed by atoms with Crippen molar-refractivity contribution in [3.8, 4) is 0 Å². The SMILES string of the molecule is C=CC=COCC(O)CO. The average molecular weight is 144 g/mol. The van der Waals surface area contributed by atoms with Gasteiger partial charge < -0.3 is 14.9 Å². The fourth-order valence-corrected chi connectivity index (χ4v) is 0.330. The summed E-state index contributed by atoms with van der Waals surface area (Å²) in [5.41, 5.74) is 0. The first-order valence-electron chi connectivity index (χ1n) is 2.99. The lowest BCUT2D eigenvalue weighted by Gasteiger charge is -2.04. The van der Waals surface area contributed by atoms with Crippen molar-refractivity contribution in [1.29, 1.82) is 0 Å². The maximum Gasteiger partial charge on any atom is 0.115 e. The van der Waals surface area contributed by atoms with Crippen LogP contribution in [-0.4, -0.2) is 29.5 Å². The highest BCUT2D eigenvalue weighted by molar-refractivity contribution is 4.92. The van der Waals surface area contributed by atoms with Crippen molar-refractivity contribution in [2.24, 2.45) is 0 Å². The molecule has 0 aromatic rings. The van der Waals surface area contributed by atoms with Gasteiger partial charge in [-0.2, -0.15) is 0 Å². The molecule has 0 aliphatic heterocycles. The molecule has 58 valence electrons. The van der Waals surface area contributed by atoms with Crippen molar-refractivity contribution < 1.29 is 14.9 Å². The number of hydrogen-bond acceptors (Lipinski definition) is 3. The van der Waals surface area contributed by atoms with Crippen molar-refractivity contribution in [2.45, 2.75) is 6.10 Å². The molecule has 0 spiro atoms. The van der Waals surface area contributed by atoms with Crippen LogP contribution in [0.4, 0.5) is 0 Å². The number of hydrogen-bond donors (Lipinski definition) is 2. The standard InChI is InChI=1S/C7H12O3/c1-2-3-4-10-6-7(9)5-8/h2-4,7-9H,1,5-6H2. The predicted octanol–water partition coefficient (Wildman–Crippen LogP) is 0.0559. The van der Waals surface area contributed by atoms with E-state index in [0.29, 0.717) is 0 Å². The van der Waals surface area contributed by atoms with Gasteiger partial charge in [-0.3, -0.25) is 0 Å². The maximum atomic E-state index is 8.72. The first-order valence-corrected chi connectivity index (χ1v) is 2.99. The second kappa shape index (κ2) is 6.32. The minimum Gasteiger partial charge on any atom is -0.498 e. The molecule has 3 nitrogen and oxygen atoms in total. The Kier molecular flexibility index (Phi) is 5.82. The van der Waals surface area contributed by atoms with Gasteiger partial charge in [0.25, 0.3) is 0 Å². The van der Waals surface area contributed by atoms with Gasteiger partial charge in [-0.25, -0.2) is 0 Å². The summed E-state index contributed by atoms with van der Waals surface area (Å²) in [6.07, 6.45) is 3.77. The van der Waals surface area contributed by atoms with Crippen LogP contribution in [0.25, 0.3) is 0 Å². The highest BCUT2D eigenvalue weighted by Gasteiger charge is 1.98. The summed E-state index contributed by atoms with van der Waals surface area (Å²) in [5.74, 6) is 0. The normalized spacial score (nSPS) is 13.4. The first kappa shape index (κ1) is 9.20. The lowest BCUT2D eigenvalue weighted by molar-refractivity contribution is 0.0384. The zero-order valence-corrected chi connectivity index (χ0v) is 5.73. The molecular formula is C7H12O3. The monoisotopic (exact) mass is 144 g/mol. The fourth-order valence-electron chi connectivity index (χ4n) is 0.330. The van der Waals surface area contributed by atoms with E-state index >= 15 is 0 Å². The Labute approximate surface area is 60.3 Å². The summed E-state index contributed by atoms with van der Waals surface area (Å²) in [4.78, 5) is 0. The maximum absolute atomic E-state index is 8.72. The summed E-state index contributed by atoms with van der Waals surface area (Å²) in [7, 11) is 0. The molecule has 0 aliphatic rings. The van der Waals surface area contributed by atoms with Gasteiger partial charge in [0.15, 0.2) is 0 Å². The average Bonchev–Trinajstić information content (AvgIpc) is 1.98. The zero-order valence-electron chi connectivity index (χ0n) is 5.73. The lowest BCUT2D eigenvalue weighted by Crippen LogP contribution is -2.17. The Hall–Kier alpha value is -0.800. The van der Waals surface area contributed by atoms with Crippen LogP contribution in [0, 0.1) is 0 Å². The topological polar surface area (TPSA) is 49.7 Å². The molecule has 0 fully saturated rings. The van der Waals surface area contributed by atoms with Crippen molar-refractivity contribution >= 4 is 0 Å². The highest BCUT2D eigenvalue weighted by Crippen LogP contribution is 1.84. The number of ether oxygens (including phenoxy) is 1. The van der Waals surface area contributed by atoms with E-state index in [-0.39, 0.29) is 13.2 Å². The van der Waals surface area contributed by atoms with E-state index < -0.39 is 6.10 Å². The molecule has 0 aliphatic carbocycles. The Bertz CT molecular complexity index is 109. The third-order valence-electron chi connectivity index (χ3n) is 0.810. The summed E-state index contributed by atoms with van der Waals surface area (Å²) in [6.45, 7) is 3.25. The molecule has 2 N–H and O–H groups in total. The minimum atomic E-state index is -0.797. The van der Waals surface area contributed by atoms with E-state index in [2.05, 4.69) is 6.58 Å². The summed E-state index contributed by atoms with van der Waals surface area (Å²) >= 11 is 0. The van der Waals surface area contributed by atoms with E-state index in [1.54, 1.807) is 12.2 Å². The molecule has 0 bridgehead atoms. The molecule has 1 unspecified atom stereocenters. The molecular weight excluding hydrogens is 132 g/mol. The third-order valence-corrected chi connectivity index (χ3v) is 0.810. The zero-order chi connectivity index (χ0) is 7.82. The molecule has 1 atom stereocenters. The molecule has 0 radical (unpaired) electrons. The van der Waals surface area contributed by atoms with E-state index in [1.807, 2.05) is 0 Å². The molecule has 0 saturated heterocycles. The predicted molar refractivity (Wildman–Crippen MR) is 38.4 cm³/mol. The van der Waals surface area contributed by atoms with Gasteiger partial charge in [-0.05, 0) is 6.08 Å². The lowest BCUT2D eigenvalue weighted by atomic mass is 10.4. The van der Waals surface area contributed by atoms with Crippen LogP contribution in [0.1, 0.15) is 0 Å². The quantitative estimate of drug-likeness (QED) is 0.423. The van der Waals surface area contributed by atoms with Crippen LogP contribution in [0.5, 0.6) is 0 Å². The Balaban J connectivity index is 3.18. The van der Waals surface area contributed by atoms with Crippen molar-refractivity contribution in [2.75, 3.05) is 13.2 Å². The van der Waals surface area contributed by atoms with Crippen LogP contribution in [0.15, 0.2) is 25.0 Å². The second-order valence-corrected chi connectivity index (χ2v) is 1.73. The van der Waals surface area contributed by atoms with E-state index in [0.717, 1.165) is 0 Å².